The van der Waals surface area contributed by atoms with Gasteiger partial charge in [-0.25, -0.2) is 0 Å². The average Bonchev–Trinajstić information content (AvgIpc) is 3.51. The summed E-state index contributed by atoms with van der Waals surface area (Å²) in [6.07, 6.45) is -3.22. The molecule has 3 rings (SSSR count). The molecule has 11 nitrogen and oxygen atoms in total. The van der Waals surface area contributed by atoms with Crippen LogP contribution in [0.1, 0.15) is 43.6 Å². The molecule has 0 saturated carbocycles. The highest BCUT2D eigenvalue weighted by Crippen LogP contribution is 2.20. The van der Waals surface area contributed by atoms with Gasteiger partial charge in [-0.3, -0.25) is 28.9 Å². The lowest BCUT2D eigenvalue weighted by Crippen LogP contribution is -2.53. The number of carbonyl (C=O) groups is 4. The molecule has 1 saturated heterocycles. The Morgan fingerprint density at radius 1 is 1.21 bits per heavy atom. The van der Waals surface area contributed by atoms with Gasteiger partial charge in [0.15, 0.2) is 17.2 Å². The molecule has 3 amide bonds. The minimum Gasteiger partial charge on any atom is -0.356 e. The summed E-state index contributed by atoms with van der Waals surface area (Å²) in [4.78, 5) is 54.7. The van der Waals surface area contributed by atoms with Crippen LogP contribution in [0.5, 0.6) is 0 Å². The lowest BCUT2D eigenvalue weighted by atomic mass is 9.95. The van der Waals surface area contributed by atoms with E-state index in [1.807, 2.05) is 0 Å². The van der Waals surface area contributed by atoms with Gasteiger partial charge in [-0.05, 0) is 37.3 Å². The molecule has 3 N–H and O–H groups in total. The van der Waals surface area contributed by atoms with Gasteiger partial charge in [-0.1, -0.05) is 25.1 Å². The van der Waals surface area contributed by atoms with Gasteiger partial charge in [0.1, 0.15) is 18.3 Å². The molecular weight excluding hydrogens is 511 g/mol. The fourth-order valence-electron chi connectivity index (χ4n) is 3.90. The molecule has 0 unspecified atom stereocenters. The first-order chi connectivity index (χ1) is 17.9. The molecule has 38 heavy (non-hydrogen) atoms. The summed E-state index contributed by atoms with van der Waals surface area (Å²) in [6.45, 7) is 2.61. The SMILES string of the molecule is CC(C)C[C@H](NC(=O)c1cc(-c2ccccn2)on1)C(=O)N[C@@H](C[C@@H]1CCNC1=O)C(=O)COC(F)(F)F. The highest BCUT2D eigenvalue weighted by molar-refractivity contribution is 5.98. The van der Waals surface area contributed by atoms with E-state index in [1.165, 1.54) is 12.3 Å². The fraction of sp³-hybridized carbons (Fsp3) is 0.500. The molecule has 0 bridgehead atoms. The third-order valence-electron chi connectivity index (χ3n) is 5.76. The largest absolute Gasteiger partial charge is 0.522 e. The molecular formula is C24H28F3N5O6. The summed E-state index contributed by atoms with van der Waals surface area (Å²) in [7, 11) is 0. The van der Waals surface area contributed by atoms with Crippen molar-refractivity contribution in [1.82, 2.24) is 26.1 Å². The van der Waals surface area contributed by atoms with E-state index in [-0.39, 0.29) is 36.1 Å². The maximum Gasteiger partial charge on any atom is 0.522 e. The number of nitrogens with one attached hydrogen (secondary N) is 3. The van der Waals surface area contributed by atoms with Crippen molar-refractivity contribution in [2.45, 2.75) is 51.6 Å². The second kappa shape index (κ2) is 12.6. The van der Waals surface area contributed by atoms with Crippen LogP contribution in [-0.2, 0) is 19.1 Å². The molecule has 0 aromatic carbocycles. The number of hydrogen-bond acceptors (Lipinski definition) is 8. The van der Waals surface area contributed by atoms with Gasteiger partial charge in [0.05, 0.1) is 6.04 Å². The Morgan fingerprint density at radius 3 is 2.58 bits per heavy atom. The number of rotatable bonds is 12. The maximum atomic E-state index is 13.1. The molecule has 2 aromatic heterocycles. The van der Waals surface area contributed by atoms with Gasteiger partial charge in [-0.15, -0.1) is 13.2 Å². The summed E-state index contributed by atoms with van der Waals surface area (Å²) < 4.78 is 46.3. The highest BCUT2D eigenvalue weighted by atomic mass is 19.4. The number of ketones is 1. The lowest BCUT2D eigenvalue weighted by molar-refractivity contribution is -0.321. The van der Waals surface area contributed by atoms with E-state index in [9.17, 15) is 32.3 Å². The number of ether oxygens (including phenoxy) is 1. The monoisotopic (exact) mass is 539 g/mol. The van der Waals surface area contributed by atoms with Crippen molar-refractivity contribution in [3.8, 4) is 11.5 Å². The van der Waals surface area contributed by atoms with Crippen LogP contribution >= 0.6 is 0 Å². The number of Topliss-reactive ketones (excluding diaryl/α,β-unsaturated/α-hetero) is 1. The fourth-order valence-corrected chi connectivity index (χ4v) is 3.90. The van der Waals surface area contributed by atoms with E-state index >= 15 is 0 Å². The van der Waals surface area contributed by atoms with Gasteiger partial charge in [0, 0.05) is 24.7 Å². The van der Waals surface area contributed by atoms with E-state index in [1.54, 1.807) is 32.0 Å². The van der Waals surface area contributed by atoms with Crippen molar-refractivity contribution in [3.05, 3.63) is 36.2 Å². The summed E-state index contributed by atoms with van der Waals surface area (Å²) in [5.74, 6) is -3.49. The molecule has 206 valence electrons. The Kier molecular flexibility index (Phi) is 9.55. The van der Waals surface area contributed by atoms with Crippen LogP contribution in [0.4, 0.5) is 13.2 Å². The van der Waals surface area contributed by atoms with Crippen molar-refractivity contribution in [2.75, 3.05) is 13.2 Å². The normalized spacial score (nSPS) is 17.1. The quantitative estimate of drug-likeness (QED) is 0.370. The zero-order chi connectivity index (χ0) is 27.9. The van der Waals surface area contributed by atoms with E-state index in [0.717, 1.165) is 0 Å². The number of aromatic nitrogens is 2. The Balaban J connectivity index is 1.73. The number of carbonyl (C=O) groups excluding carboxylic acids is 4. The smallest absolute Gasteiger partial charge is 0.356 e. The number of amides is 3. The Morgan fingerprint density at radius 2 is 1.97 bits per heavy atom. The van der Waals surface area contributed by atoms with E-state index in [4.69, 9.17) is 4.52 Å². The van der Waals surface area contributed by atoms with Gasteiger partial charge in [0.25, 0.3) is 5.91 Å². The zero-order valence-corrected chi connectivity index (χ0v) is 20.7. The molecule has 0 radical (unpaired) electrons. The molecule has 2 aromatic rings. The predicted octanol–water partition coefficient (Wildman–Crippen LogP) is 2.00. The summed E-state index contributed by atoms with van der Waals surface area (Å²) >= 11 is 0. The van der Waals surface area contributed by atoms with Crippen molar-refractivity contribution in [3.63, 3.8) is 0 Å². The second-order valence-corrected chi connectivity index (χ2v) is 9.22. The van der Waals surface area contributed by atoms with Crippen molar-refractivity contribution >= 4 is 23.5 Å². The zero-order valence-electron chi connectivity index (χ0n) is 20.7. The Bertz CT molecular complexity index is 1140. The number of hydrogen-bond donors (Lipinski definition) is 3. The first-order valence-corrected chi connectivity index (χ1v) is 11.9. The minimum absolute atomic E-state index is 0.0873. The van der Waals surface area contributed by atoms with Gasteiger partial charge < -0.3 is 20.5 Å². The summed E-state index contributed by atoms with van der Waals surface area (Å²) in [5.41, 5.74) is 0.315. The average molecular weight is 540 g/mol. The van der Waals surface area contributed by atoms with Crippen LogP contribution in [-0.4, -0.2) is 65.2 Å². The van der Waals surface area contributed by atoms with Crippen LogP contribution in [0.25, 0.3) is 11.5 Å². The van der Waals surface area contributed by atoms with Crippen molar-refractivity contribution in [1.29, 1.82) is 0 Å². The molecule has 14 heteroatoms. The van der Waals surface area contributed by atoms with Gasteiger partial charge in [0.2, 0.25) is 11.8 Å². The molecule has 1 aliphatic rings. The molecule has 3 heterocycles. The summed E-state index contributed by atoms with van der Waals surface area (Å²) in [6, 6.07) is 3.83. The molecule has 1 aliphatic heterocycles. The standard InChI is InChI=1S/C24H28F3N5O6/c1-13(2)9-17(31-23(36)18-11-20(38-32-18)15-5-3-4-7-28-15)22(35)30-16(10-14-6-8-29-21(14)34)19(33)12-37-24(25,26)27/h3-5,7,11,13-14,16-17H,6,8-10,12H2,1-2H3,(H,29,34)(H,30,35)(H,31,36)/t14-,16-,17-/m0/s1. The number of halogens is 3. The molecule has 1 fully saturated rings. The van der Waals surface area contributed by atoms with E-state index < -0.39 is 48.6 Å². The predicted molar refractivity (Wildman–Crippen MR) is 125 cm³/mol. The van der Waals surface area contributed by atoms with E-state index in [2.05, 4.69) is 30.8 Å². The maximum absolute atomic E-state index is 13.1. The van der Waals surface area contributed by atoms with Crippen LogP contribution in [0, 0.1) is 11.8 Å². The number of pyridine rings is 1. The minimum atomic E-state index is -5.05. The van der Waals surface area contributed by atoms with Crippen LogP contribution < -0.4 is 16.0 Å². The number of nitrogens with zero attached hydrogens (tertiary/aromatic N) is 2. The Hall–Kier alpha value is -3.81. The number of alkyl halides is 3. The Labute approximate surface area is 215 Å². The summed E-state index contributed by atoms with van der Waals surface area (Å²) in [5, 5.41) is 11.2. The first-order valence-electron chi connectivity index (χ1n) is 11.9. The molecule has 3 atom stereocenters. The van der Waals surface area contributed by atoms with Crippen LogP contribution in [0.3, 0.4) is 0 Å². The van der Waals surface area contributed by atoms with Crippen LogP contribution in [0.2, 0.25) is 0 Å². The molecule has 0 aliphatic carbocycles. The third kappa shape index (κ3) is 8.36. The van der Waals surface area contributed by atoms with Gasteiger partial charge in [-0.2, -0.15) is 0 Å². The van der Waals surface area contributed by atoms with Crippen LogP contribution in [0.15, 0.2) is 35.0 Å². The topological polar surface area (TPSA) is 153 Å². The van der Waals surface area contributed by atoms with Crippen molar-refractivity contribution < 1.29 is 41.6 Å². The third-order valence-corrected chi connectivity index (χ3v) is 5.76. The van der Waals surface area contributed by atoms with Crippen molar-refractivity contribution in [2.24, 2.45) is 11.8 Å². The highest BCUT2D eigenvalue weighted by Gasteiger charge is 2.36. The van der Waals surface area contributed by atoms with Gasteiger partial charge >= 0.3 is 6.36 Å². The molecule has 0 spiro atoms. The second-order valence-electron chi connectivity index (χ2n) is 9.22. The first kappa shape index (κ1) is 28.8. The lowest BCUT2D eigenvalue weighted by Gasteiger charge is -2.25. The van der Waals surface area contributed by atoms with E-state index in [0.29, 0.717) is 18.7 Å².